The number of rotatable bonds is 5. The molecule has 0 saturated heterocycles. The van der Waals surface area contributed by atoms with Crippen LogP contribution < -0.4 is 11.2 Å². The molecule has 1 aromatic carbocycles. The maximum absolute atomic E-state index is 12.8. The fourth-order valence-electron chi connectivity index (χ4n) is 3.01. The summed E-state index contributed by atoms with van der Waals surface area (Å²) in [6.45, 7) is 7.94. The Balaban J connectivity index is 2.08. The second-order valence-electron chi connectivity index (χ2n) is 8.27. The molecule has 0 bridgehead atoms. The molecule has 0 fully saturated rings. The topological polar surface area (TPSA) is 86.8 Å². The molecule has 0 atom stereocenters. The molecular weight excluding hydrogens is 400 g/mol. The van der Waals surface area contributed by atoms with E-state index in [4.69, 9.17) is 0 Å². The first kappa shape index (κ1) is 22.0. The van der Waals surface area contributed by atoms with Crippen molar-refractivity contribution >= 4 is 28.6 Å². The Morgan fingerprint density at radius 2 is 1.67 bits per heavy atom. The fraction of sp³-hybridized carbons (Fsp3) is 0.409. The number of ketones is 1. The van der Waals surface area contributed by atoms with Crippen molar-refractivity contribution in [2.75, 3.05) is 5.75 Å². The number of carbonyl (C=O) groups is 1. The van der Waals surface area contributed by atoms with Crippen LogP contribution in [0.25, 0.3) is 11.0 Å². The van der Waals surface area contributed by atoms with E-state index in [1.807, 2.05) is 45.0 Å². The highest BCUT2D eigenvalue weighted by molar-refractivity contribution is 8.00. The number of fused-ring (bicyclic) bond motifs is 1. The molecule has 2 aromatic heterocycles. The SMILES string of the molecule is CCc1ccc(C(=O)CSc2nc(C(C)(C)C)nc3c2c(=O)n(C)c(=O)n3C)cc1. The van der Waals surface area contributed by atoms with E-state index in [0.717, 1.165) is 11.0 Å². The summed E-state index contributed by atoms with van der Waals surface area (Å²) < 4.78 is 2.39. The minimum absolute atomic E-state index is 0.0478. The predicted octanol–water partition coefficient (Wildman–Crippen LogP) is 2.86. The average Bonchev–Trinajstić information content (AvgIpc) is 2.73. The molecular formula is C22H26N4O3S. The van der Waals surface area contributed by atoms with E-state index in [0.29, 0.717) is 16.4 Å². The van der Waals surface area contributed by atoms with Crippen molar-refractivity contribution in [2.24, 2.45) is 14.1 Å². The standard InChI is InChI=1S/C22H26N4O3S/c1-7-13-8-10-14(11-9-13)15(27)12-30-18-16-17(23-20(24-18)22(2,3)4)25(5)21(29)26(6)19(16)28/h8-11H,7,12H2,1-6H3. The molecule has 0 aliphatic carbocycles. The molecule has 3 rings (SSSR count). The Bertz CT molecular complexity index is 1230. The maximum Gasteiger partial charge on any atom is 0.332 e. The molecule has 0 aliphatic rings. The predicted molar refractivity (Wildman–Crippen MR) is 120 cm³/mol. The van der Waals surface area contributed by atoms with Crippen molar-refractivity contribution in [1.29, 1.82) is 0 Å². The molecule has 30 heavy (non-hydrogen) atoms. The van der Waals surface area contributed by atoms with Gasteiger partial charge >= 0.3 is 5.69 Å². The van der Waals surface area contributed by atoms with Gasteiger partial charge in [0.1, 0.15) is 16.2 Å². The number of benzene rings is 1. The van der Waals surface area contributed by atoms with Gasteiger partial charge in [-0.3, -0.25) is 18.7 Å². The summed E-state index contributed by atoms with van der Waals surface area (Å²) >= 11 is 1.20. The van der Waals surface area contributed by atoms with Crippen molar-refractivity contribution < 1.29 is 4.79 Å². The molecule has 0 radical (unpaired) electrons. The van der Waals surface area contributed by atoms with Gasteiger partial charge in [0.05, 0.1) is 5.75 Å². The molecule has 7 nitrogen and oxygen atoms in total. The van der Waals surface area contributed by atoms with Gasteiger partial charge in [0.15, 0.2) is 11.4 Å². The number of Topliss-reactive ketones (excluding diaryl/α,β-unsaturated/α-hetero) is 1. The maximum atomic E-state index is 12.8. The van der Waals surface area contributed by atoms with Crippen molar-refractivity contribution in [3.63, 3.8) is 0 Å². The van der Waals surface area contributed by atoms with Crippen LogP contribution in [-0.2, 0) is 25.9 Å². The lowest BCUT2D eigenvalue weighted by Gasteiger charge is -2.19. The highest BCUT2D eigenvalue weighted by Gasteiger charge is 2.24. The highest BCUT2D eigenvalue weighted by Crippen LogP contribution is 2.27. The molecule has 0 aliphatic heterocycles. The van der Waals surface area contributed by atoms with Crippen LogP contribution in [0, 0.1) is 0 Å². The Labute approximate surface area is 179 Å². The lowest BCUT2D eigenvalue weighted by atomic mass is 9.96. The second kappa shape index (κ2) is 8.18. The van der Waals surface area contributed by atoms with Gasteiger partial charge in [0.25, 0.3) is 5.56 Å². The smallest absolute Gasteiger partial charge is 0.293 e. The van der Waals surface area contributed by atoms with Gasteiger partial charge in [0, 0.05) is 25.1 Å². The van der Waals surface area contributed by atoms with E-state index >= 15 is 0 Å². The quantitative estimate of drug-likeness (QED) is 0.354. The van der Waals surface area contributed by atoms with Crippen LogP contribution in [0.5, 0.6) is 0 Å². The molecule has 0 N–H and O–H groups in total. The number of hydrogen-bond donors (Lipinski definition) is 0. The van der Waals surface area contributed by atoms with Gasteiger partial charge in [-0.2, -0.15) is 0 Å². The monoisotopic (exact) mass is 426 g/mol. The third-order valence-corrected chi connectivity index (χ3v) is 5.94. The molecule has 3 aromatic rings. The van der Waals surface area contributed by atoms with Gasteiger partial charge in [-0.05, 0) is 12.0 Å². The van der Waals surface area contributed by atoms with E-state index in [9.17, 15) is 14.4 Å². The van der Waals surface area contributed by atoms with E-state index in [-0.39, 0.29) is 28.0 Å². The van der Waals surface area contributed by atoms with Gasteiger partial charge in [-0.15, -0.1) is 0 Å². The zero-order valence-electron chi connectivity index (χ0n) is 18.1. The van der Waals surface area contributed by atoms with Crippen molar-refractivity contribution in [2.45, 2.75) is 44.6 Å². The number of aromatic nitrogens is 4. The third-order valence-electron chi connectivity index (χ3n) is 4.96. The third kappa shape index (κ3) is 4.09. The number of hydrogen-bond acceptors (Lipinski definition) is 6. The molecule has 2 heterocycles. The van der Waals surface area contributed by atoms with E-state index in [1.165, 1.54) is 28.9 Å². The number of aryl methyl sites for hydroxylation is 2. The first-order valence-electron chi connectivity index (χ1n) is 9.77. The summed E-state index contributed by atoms with van der Waals surface area (Å²) in [5, 5.41) is 0.673. The van der Waals surface area contributed by atoms with Gasteiger partial charge in [-0.1, -0.05) is 63.7 Å². The molecule has 0 amide bonds. The number of nitrogens with zero attached hydrogens (tertiary/aromatic N) is 4. The Hall–Kier alpha value is -2.74. The van der Waals surface area contributed by atoms with Crippen LogP contribution in [0.1, 0.15) is 49.4 Å². The molecule has 0 unspecified atom stereocenters. The summed E-state index contributed by atoms with van der Waals surface area (Å²) in [5.41, 5.74) is 0.769. The Morgan fingerprint density at radius 3 is 2.23 bits per heavy atom. The number of carbonyl (C=O) groups excluding carboxylic acids is 1. The number of thioether (sulfide) groups is 1. The van der Waals surface area contributed by atoms with Crippen molar-refractivity contribution in [3.05, 3.63) is 62.1 Å². The fourth-order valence-corrected chi connectivity index (χ4v) is 3.92. The van der Waals surface area contributed by atoms with Crippen LogP contribution >= 0.6 is 11.8 Å². The van der Waals surface area contributed by atoms with Gasteiger partial charge in [0.2, 0.25) is 0 Å². The van der Waals surface area contributed by atoms with Gasteiger partial charge in [-0.25, -0.2) is 14.8 Å². The summed E-state index contributed by atoms with van der Waals surface area (Å²) in [4.78, 5) is 47.1. The van der Waals surface area contributed by atoms with Gasteiger partial charge < -0.3 is 0 Å². The minimum Gasteiger partial charge on any atom is -0.293 e. The van der Waals surface area contributed by atoms with Crippen LogP contribution in [0.15, 0.2) is 38.9 Å². The molecule has 0 spiro atoms. The Morgan fingerprint density at radius 1 is 1.03 bits per heavy atom. The summed E-state index contributed by atoms with van der Waals surface area (Å²) in [5.74, 6) is 0.599. The molecule has 0 saturated carbocycles. The second-order valence-corrected chi connectivity index (χ2v) is 9.23. The average molecular weight is 427 g/mol. The molecule has 158 valence electrons. The zero-order valence-corrected chi connectivity index (χ0v) is 19.0. The summed E-state index contributed by atoms with van der Waals surface area (Å²) in [6.07, 6.45) is 0.910. The highest BCUT2D eigenvalue weighted by atomic mass is 32.2. The van der Waals surface area contributed by atoms with E-state index in [2.05, 4.69) is 16.9 Å². The summed E-state index contributed by atoms with van der Waals surface area (Å²) in [6, 6.07) is 7.54. The first-order chi connectivity index (χ1) is 14.0. The van der Waals surface area contributed by atoms with Crippen LogP contribution in [0.3, 0.4) is 0 Å². The van der Waals surface area contributed by atoms with Crippen LogP contribution in [-0.4, -0.2) is 30.6 Å². The largest absolute Gasteiger partial charge is 0.332 e. The van der Waals surface area contributed by atoms with Crippen molar-refractivity contribution in [1.82, 2.24) is 19.1 Å². The summed E-state index contributed by atoms with van der Waals surface area (Å²) in [7, 11) is 3.01. The minimum atomic E-state index is -0.462. The molecule has 8 heteroatoms. The van der Waals surface area contributed by atoms with E-state index < -0.39 is 11.2 Å². The van der Waals surface area contributed by atoms with E-state index in [1.54, 1.807) is 7.05 Å². The normalized spacial score (nSPS) is 11.8. The zero-order chi connectivity index (χ0) is 22.2. The van der Waals surface area contributed by atoms with Crippen molar-refractivity contribution in [3.8, 4) is 0 Å². The van der Waals surface area contributed by atoms with Crippen LogP contribution in [0.2, 0.25) is 0 Å². The lowest BCUT2D eigenvalue weighted by Crippen LogP contribution is -2.38. The van der Waals surface area contributed by atoms with Crippen LogP contribution in [0.4, 0.5) is 0 Å². The lowest BCUT2D eigenvalue weighted by molar-refractivity contribution is 0.102. The first-order valence-corrected chi connectivity index (χ1v) is 10.8. The Kier molecular flexibility index (Phi) is 5.99.